The van der Waals surface area contributed by atoms with E-state index in [1.165, 1.54) is 0 Å². The minimum atomic E-state index is -0.410. The molecule has 2 aromatic rings. The summed E-state index contributed by atoms with van der Waals surface area (Å²) in [5.74, 6) is 0.127. The van der Waals surface area contributed by atoms with Crippen LogP contribution in [0.15, 0.2) is 30.3 Å². The minimum absolute atomic E-state index is 0.143. The Morgan fingerprint density at radius 2 is 2.04 bits per heavy atom. The number of halogens is 1. The second-order valence-electron chi connectivity index (χ2n) is 5.28. The largest absolute Gasteiger partial charge is 0.461 e. The van der Waals surface area contributed by atoms with Crippen molar-refractivity contribution in [2.75, 3.05) is 18.5 Å². The monoisotopic (exact) mass is 332 g/mol. The molecule has 0 aliphatic carbocycles. The summed E-state index contributed by atoms with van der Waals surface area (Å²) in [5, 5.41) is 3.79. The minimum Gasteiger partial charge on any atom is -0.461 e. The van der Waals surface area contributed by atoms with Crippen molar-refractivity contribution in [3.8, 4) is 0 Å². The van der Waals surface area contributed by atoms with Crippen LogP contribution in [0.5, 0.6) is 0 Å². The first kappa shape index (κ1) is 15.6. The molecular formula is C17H17ClN2O3. The zero-order chi connectivity index (χ0) is 16.4. The number of ketones is 1. The number of fused-ring (bicyclic) bond motifs is 1. The van der Waals surface area contributed by atoms with Crippen molar-refractivity contribution < 1.29 is 14.3 Å². The average Bonchev–Trinajstić information content (AvgIpc) is 2.95. The molecule has 5 nitrogen and oxygen atoms in total. The summed E-state index contributed by atoms with van der Waals surface area (Å²) in [6.45, 7) is 3.51. The average molecular weight is 333 g/mol. The summed E-state index contributed by atoms with van der Waals surface area (Å²) in [6, 6.07) is 8.33. The van der Waals surface area contributed by atoms with E-state index in [1.807, 2.05) is 4.57 Å². The van der Waals surface area contributed by atoms with Gasteiger partial charge in [0.05, 0.1) is 12.2 Å². The van der Waals surface area contributed by atoms with E-state index in [9.17, 15) is 9.59 Å². The number of rotatable bonds is 4. The molecule has 3 rings (SSSR count). The molecule has 0 atom stereocenters. The van der Waals surface area contributed by atoms with E-state index in [2.05, 4.69) is 5.32 Å². The first-order valence-corrected chi connectivity index (χ1v) is 7.94. The third-order valence-corrected chi connectivity index (χ3v) is 4.04. The normalized spacial score (nSPS) is 13.1. The lowest BCUT2D eigenvalue weighted by Gasteiger charge is -2.20. The number of carbonyl (C=O) groups is 2. The maximum absolute atomic E-state index is 12.8. The predicted octanol–water partition coefficient (Wildman–Crippen LogP) is 3.36. The van der Waals surface area contributed by atoms with E-state index < -0.39 is 5.97 Å². The summed E-state index contributed by atoms with van der Waals surface area (Å²) in [4.78, 5) is 24.9. The smallest absolute Gasteiger partial charge is 0.355 e. The zero-order valence-corrected chi connectivity index (χ0v) is 13.5. The van der Waals surface area contributed by atoms with Crippen molar-refractivity contribution in [3.05, 3.63) is 52.2 Å². The molecule has 120 valence electrons. The Kier molecular flexibility index (Phi) is 4.39. The summed E-state index contributed by atoms with van der Waals surface area (Å²) in [5.41, 5.74) is 1.42. The van der Waals surface area contributed by atoms with Crippen LogP contribution in [0.2, 0.25) is 5.02 Å². The number of anilines is 1. The molecular weight excluding hydrogens is 316 g/mol. The number of esters is 1. The molecule has 0 radical (unpaired) electrons. The third kappa shape index (κ3) is 2.97. The van der Waals surface area contributed by atoms with Crippen LogP contribution in [0.1, 0.15) is 39.8 Å². The molecule has 2 heterocycles. The Bertz CT molecular complexity index is 750. The van der Waals surface area contributed by atoms with Gasteiger partial charge in [-0.2, -0.15) is 0 Å². The lowest BCUT2D eigenvalue weighted by Crippen LogP contribution is -2.21. The summed E-state index contributed by atoms with van der Waals surface area (Å²) >= 11 is 5.87. The fourth-order valence-corrected chi connectivity index (χ4v) is 2.85. The van der Waals surface area contributed by atoms with Crippen LogP contribution in [0.4, 0.5) is 5.82 Å². The number of aromatic nitrogens is 1. The number of carbonyl (C=O) groups excluding carboxylic acids is 2. The second-order valence-corrected chi connectivity index (χ2v) is 5.72. The van der Waals surface area contributed by atoms with E-state index in [1.54, 1.807) is 37.3 Å². The number of nitrogens with one attached hydrogen (secondary N) is 1. The van der Waals surface area contributed by atoms with Crippen molar-refractivity contribution in [3.63, 3.8) is 0 Å². The number of nitrogens with zero attached hydrogens (tertiary/aromatic N) is 1. The molecule has 6 heteroatoms. The fourth-order valence-electron chi connectivity index (χ4n) is 2.72. The topological polar surface area (TPSA) is 60.3 Å². The fraction of sp³-hybridized carbons (Fsp3) is 0.294. The van der Waals surface area contributed by atoms with Gasteiger partial charge in [0.15, 0.2) is 5.78 Å². The molecule has 0 saturated heterocycles. The molecule has 0 bridgehead atoms. The van der Waals surface area contributed by atoms with Crippen LogP contribution < -0.4 is 5.32 Å². The van der Waals surface area contributed by atoms with Gasteiger partial charge in [0.2, 0.25) is 0 Å². The molecule has 0 spiro atoms. The molecule has 0 unspecified atom stereocenters. The molecule has 23 heavy (non-hydrogen) atoms. The second kappa shape index (κ2) is 6.46. The van der Waals surface area contributed by atoms with Gasteiger partial charge in [-0.1, -0.05) is 11.6 Å². The Morgan fingerprint density at radius 3 is 2.74 bits per heavy atom. The van der Waals surface area contributed by atoms with Crippen LogP contribution in [0.25, 0.3) is 0 Å². The van der Waals surface area contributed by atoms with Crippen LogP contribution in [-0.2, 0) is 11.3 Å². The highest BCUT2D eigenvalue weighted by Crippen LogP contribution is 2.28. The van der Waals surface area contributed by atoms with E-state index in [0.717, 1.165) is 13.0 Å². The quantitative estimate of drug-likeness (QED) is 0.689. The zero-order valence-electron chi connectivity index (χ0n) is 12.8. The summed E-state index contributed by atoms with van der Waals surface area (Å²) < 4.78 is 6.92. The summed E-state index contributed by atoms with van der Waals surface area (Å²) in [7, 11) is 0. The molecule has 1 aromatic carbocycles. The van der Waals surface area contributed by atoms with E-state index in [0.29, 0.717) is 40.8 Å². The van der Waals surface area contributed by atoms with Gasteiger partial charge in [-0.15, -0.1) is 0 Å². The van der Waals surface area contributed by atoms with Crippen LogP contribution in [0.3, 0.4) is 0 Å². The molecule has 1 N–H and O–H groups in total. The lowest BCUT2D eigenvalue weighted by molar-refractivity contribution is 0.0513. The first-order chi connectivity index (χ1) is 11.1. The molecule has 0 saturated carbocycles. The van der Waals surface area contributed by atoms with Gasteiger partial charge in [0.1, 0.15) is 11.5 Å². The van der Waals surface area contributed by atoms with Crippen molar-refractivity contribution in [2.45, 2.75) is 19.9 Å². The van der Waals surface area contributed by atoms with Gasteiger partial charge in [0, 0.05) is 23.7 Å². The van der Waals surface area contributed by atoms with E-state index >= 15 is 0 Å². The molecule has 1 aliphatic heterocycles. The van der Waals surface area contributed by atoms with Crippen molar-refractivity contribution in [1.29, 1.82) is 0 Å². The number of benzene rings is 1. The Morgan fingerprint density at radius 1 is 1.30 bits per heavy atom. The molecule has 0 fully saturated rings. The Labute approximate surface area is 139 Å². The van der Waals surface area contributed by atoms with Gasteiger partial charge in [-0.05, 0) is 43.7 Å². The Hall–Kier alpha value is -2.27. The molecule has 1 aliphatic rings. The van der Waals surface area contributed by atoms with Crippen molar-refractivity contribution >= 4 is 29.2 Å². The van der Waals surface area contributed by atoms with Crippen LogP contribution in [-0.4, -0.2) is 29.5 Å². The maximum atomic E-state index is 12.8. The molecule has 0 amide bonds. The Balaban J connectivity index is 2.03. The van der Waals surface area contributed by atoms with Gasteiger partial charge < -0.3 is 14.6 Å². The maximum Gasteiger partial charge on any atom is 0.355 e. The summed E-state index contributed by atoms with van der Waals surface area (Å²) in [6.07, 6.45) is 0.892. The number of hydrogen-bond donors (Lipinski definition) is 1. The van der Waals surface area contributed by atoms with Crippen molar-refractivity contribution in [1.82, 2.24) is 4.57 Å². The van der Waals surface area contributed by atoms with Gasteiger partial charge in [0.25, 0.3) is 0 Å². The third-order valence-electron chi connectivity index (χ3n) is 3.78. The SMILES string of the molecule is CCOC(=O)c1cc(C(=O)c2ccc(Cl)cc2)c2n1CCCN2. The van der Waals surface area contributed by atoms with Gasteiger partial charge in [-0.25, -0.2) is 4.79 Å². The molecule has 1 aromatic heterocycles. The standard InChI is InChI=1S/C17H17ClN2O3/c1-2-23-17(22)14-10-13(16-19-8-3-9-20(14)16)15(21)11-4-6-12(18)7-5-11/h4-7,10,19H,2-3,8-9H2,1H3. The predicted molar refractivity (Wildman–Crippen MR) is 88.4 cm³/mol. The lowest BCUT2D eigenvalue weighted by atomic mass is 10.0. The highest BCUT2D eigenvalue weighted by Gasteiger charge is 2.26. The highest BCUT2D eigenvalue weighted by molar-refractivity contribution is 6.30. The number of ether oxygens (including phenoxy) is 1. The van der Waals surface area contributed by atoms with Gasteiger partial charge in [-0.3, -0.25) is 4.79 Å². The van der Waals surface area contributed by atoms with Crippen LogP contribution >= 0.6 is 11.6 Å². The highest BCUT2D eigenvalue weighted by atomic mass is 35.5. The van der Waals surface area contributed by atoms with Crippen LogP contribution in [0, 0.1) is 0 Å². The number of hydrogen-bond acceptors (Lipinski definition) is 4. The van der Waals surface area contributed by atoms with Crippen molar-refractivity contribution in [2.24, 2.45) is 0 Å². The first-order valence-electron chi connectivity index (χ1n) is 7.56. The van der Waals surface area contributed by atoms with Gasteiger partial charge >= 0.3 is 5.97 Å². The van der Waals surface area contributed by atoms with E-state index in [-0.39, 0.29) is 5.78 Å². The van der Waals surface area contributed by atoms with E-state index in [4.69, 9.17) is 16.3 Å².